The van der Waals surface area contributed by atoms with Crippen LogP contribution in [0.25, 0.3) is 23.3 Å². The molecule has 0 fully saturated rings. The fourth-order valence-corrected chi connectivity index (χ4v) is 2.03. The number of carboxylic acids is 1. The van der Waals surface area contributed by atoms with Crippen molar-refractivity contribution >= 4 is 40.8 Å². The van der Waals surface area contributed by atoms with Gasteiger partial charge in [-0.05, 0) is 29.7 Å². The van der Waals surface area contributed by atoms with Crippen molar-refractivity contribution in [3.63, 3.8) is 0 Å². The van der Waals surface area contributed by atoms with Crippen molar-refractivity contribution in [1.82, 2.24) is 14.6 Å². The lowest BCUT2D eigenvalue weighted by molar-refractivity contribution is 0.0699. The number of benzene rings is 1. The molecule has 7 heteroatoms. The van der Waals surface area contributed by atoms with E-state index in [1.54, 1.807) is 29.7 Å². The highest BCUT2D eigenvalue weighted by molar-refractivity contribution is 7.03. The summed E-state index contributed by atoms with van der Waals surface area (Å²) in [6, 6.07) is 4.79. The molecular formula is C12H7N3O3S. The largest absolute Gasteiger partial charge is 0.478 e. The summed E-state index contributed by atoms with van der Waals surface area (Å²) in [5.74, 6) is -0.699. The van der Waals surface area contributed by atoms with Gasteiger partial charge in [0.2, 0.25) is 5.89 Å². The number of hydrogen-bond donors (Lipinski definition) is 1. The van der Waals surface area contributed by atoms with Crippen LogP contribution >= 0.6 is 11.5 Å². The van der Waals surface area contributed by atoms with Crippen molar-refractivity contribution in [2.45, 2.75) is 0 Å². The Kier molecular flexibility index (Phi) is 2.81. The predicted molar refractivity (Wildman–Crippen MR) is 69.8 cm³/mol. The van der Waals surface area contributed by atoms with E-state index in [9.17, 15) is 4.79 Å². The lowest BCUT2D eigenvalue weighted by Gasteiger charge is -1.92. The van der Waals surface area contributed by atoms with Gasteiger partial charge in [-0.2, -0.15) is 0 Å². The number of hydrogen-bond acceptors (Lipinski definition) is 6. The summed E-state index contributed by atoms with van der Waals surface area (Å²) in [5, 5.41) is 14.7. The van der Waals surface area contributed by atoms with E-state index in [0.29, 0.717) is 22.7 Å². The van der Waals surface area contributed by atoms with Gasteiger partial charge in [-0.3, -0.25) is 0 Å². The quantitative estimate of drug-likeness (QED) is 0.788. The zero-order valence-corrected chi connectivity index (χ0v) is 10.3. The van der Waals surface area contributed by atoms with Crippen LogP contribution in [0.3, 0.4) is 0 Å². The van der Waals surface area contributed by atoms with Gasteiger partial charge in [-0.1, -0.05) is 10.6 Å². The zero-order chi connectivity index (χ0) is 13.2. The highest BCUT2D eigenvalue weighted by Crippen LogP contribution is 2.20. The number of carboxylic acid groups (broad SMARTS) is 1. The second kappa shape index (κ2) is 4.62. The Morgan fingerprint density at radius 1 is 1.37 bits per heavy atom. The molecule has 0 aliphatic heterocycles. The first-order valence-electron chi connectivity index (χ1n) is 5.32. The van der Waals surface area contributed by atoms with Gasteiger partial charge in [0.1, 0.15) is 5.52 Å². The second-order valence-electron chi connectivity index (χ2n) is 3.67. The molecule has 0 bridgehead atoms. The number of nitrogens with zero attached hydrogens (tertiary/aromatic N) is 3. The molecule has 19 heavy (non-hydrogen) atoms. The molecule has 0 aliphatic rings. The highest BCUT2D eigenvalue weighted by atomic mass is 32.1. The van der Waals surface area contributed by atoms with Crippen LogP contribution < -0.4 is 0 Å². The van der Waals surface area contributed by atoms with Gasteiger partial charge in [-0.25, -0.2) is 9.78 Å². The molecule has 2 heterocycles. The first-order valence-corrected chi connectivity index (χ1v) is 6.16. The average molecular weight is 273 g/mol. The van der Waals surface area contributed by atoms with Crippen LogP contribution in [-0.2, 0) is 0 Å². The lowest BCUT2D eigenvalue weighted by Crippen LogP contribution is -1.96. The molecule has 0 atom stereocenters. The van der Waals surface area contributed by atoms with Gasteiger partial charge in [0.05, 0.1) is 11.3 Å². The number of rotatable bonds is 3. The second-order valence-corrected chi connectivity index (χ2v) is 4.28. The van der Waals surface area contributed by atoms with E-state index in [4.69, 9.17) is 9.52 Å². The van der Waals surface area contributed by atoms with E-state index in [0.717, 1.165) is 0 Å². The maximum Gasteiger partial charge on any atom is 0.338 e. The average Bonchev–Trinajstić information content (AvgIpc) is 3.04. The van der Waals surface area contributed by atoms with Crippen molar-refractivity contribution < 1.29 is 14.3 Å². The molecule has 0 saturated carbocycles. The summed E-state index contributed by atoms with van der Waals surface area (Å²) in [4.78, 5) is 15.2. The molecule has 0 radical (unpaired) electrons. The summed E-state index contributed by atoms with van der Waals surface area (Å²) in [5.41, 5.74) is 1.60. The number of fused-ring (bicyclic) bond motifs is 1. The minimum Gasteiger partial charge on any atom is -0.478 e. The van der Waals surface area contributed by atoms with Crippen LogP contribution in [0.1, 0.15) is 21.9 Å². The highest BCUT2D eigenvalue weighted by Gasteiger charge is 2.13. The number of aromatic nitrogens is 3. The molecule has 0 saturated heterocycles. The van der Waals surface area contributed by atoms with Crippen molar-refractivity contribution in [2.75, 3.05) is 0 Å². The number of para-hydroxylation sites is 1. The monoisotopic (exact) mass is 273 g/mol. The Morgan fingerprint density at radius 3 is 3.00 bits per heavy atom. The van der Waals surface area contributed by atoms with Gasteiger partial charge in [0, 0.05) is 11.5 Å². The third-order valence-corrected chi connectivity index (χ3v) is 2.96. The minimum absolute atomic E-state index is 0.122. The van der Waals surface area contributed by atoms with Crippen molar-refractivity contribution in [2.24, 2.45) is 0 Å². The van der Waals surface area contributed by atoms with E-state index in [2.05, 4.69) is 14.6 Å². The van der Waals surface area contributed by atoms with Gasteiger partial charge < -0.3 is 9.52 Å². The molecule has 3 rings (SSSR count). The fraction of sp³-hybridized carbons (Fsp3) is 0. The third kappa shape index (κ3) is 2.23. The summed E-state index contributed by atoms with van der Waals surface area (Å²) in [7, 11) is 0. The van der Waals surface area contributed by atoms with Crippen molar-refractivity contribution in [3.8, 4) is 0 Å². The van der Waals surface area contributed by atoms with Gasteiger partial charge >= 0.3 is 5.97 Å². The van der Waals surface area contributed by atoms with E-state index in [1.165, 1.54) is 17.6 Å². The molecule has 0 unspecified atom stereocenters. The SMILES string of the molecule is O=C(O)c1cccc2oc(/C=C/c3csnn3)nc12. The molecular weight excluding hydrogens is 266 g/mol. The Balaban J connectivity index is 2.02. The smallest absolute Gasteiger partial charge is 0.338 e. The molecule has 1 N–H and O–H groups in total. The van der Waals surface area contributed by atoms with Crippen molar-refractivity contribution in [3.05, 3.63) is 40.7 Å². The summed E-state index contributed by atoms with van der Waals surface area (Å²) in [6.07, 6.45) is 3.33. The third-order valence-electron chi connectivity index (χ3n) is 2.44. The fourth-order valence-electron chi connectivity index (χ4n) is 1.61. The number of aromatic carboxylic acids is 1. The van der Waals surface area contributed by atoms with Crippen LogP contribution in [0, 0.1) is 0 Å². The minimum atomic E-state index is -1.03. The summed E-state index contributed by atoms with van der Waals surface area (Å²) in [6.45, 7) is 0. The molecule has 0 amide bonds. The van der Waals surface area contributed by atoms with E-state index in [1.807, 2.05) is 0 Å². The molecule has 6 nitrogen and oxygen atoms in total. The molecule has 0 aliphatic carbocycles. The van der Waals surface area contributed by atoms with E-state index in [-0.39, 0.29) is 5.56 Å². The standard InChI is InChI=1S/C12H7N3O3S/c16-12(17)8-2-1-3-9-11(8)13-10(18-9)5-4-7-6-19-15-14-7/h1-6H,(H,16,17)/b5-4+. The Bertz CT molecular complexity index is 762. The van der Waals surface area contributed by atoms with Crippen LogP contribution in [-0.4, -0.2) is 25.6 Å². The lowest BCUT2D eigenvalue weighted by atomic mass is 10.2. The van der Waals surface area contributed by atoms with Gasteiger partial charge in [-0.15, -0.1) is 5.10 Å². The van der Waals surface area contributed by atoms with Gasteiger partial charge in [0.25, 0.3) is 0 Å². The summed E-state index contributed by atoms with van der Waals surface area (Å²) >= 11 is 1.25. The van der Waals surface area contributed by atoms with E-state index < -0.39 is 5.97 Å². The zero-order valence-electron chi connectivity index (χ0n) is 9.48. The van der Waals surface area contributed by atoms with Crippen LogP contribution in [0.2, 0.25) is 0 Å². The van der Waals surface area contributed by atoms with E-state index >= 15 is 0 Å². The molecule has 0 spiro atoms. The maximum atomic E-state index is 11.1. The Morgan fingerprint density at radius 2 is 2.26 bits per heavy atom. The number of carbonyl (C=O) groups is 1. The maximum absolute atomic E-state index is 11.1. The molecule has 94 valence electrons. The Hall–Kier alpha value is -2.54. The van der Waals surface area contributed by atoms with Crippen LogP contribution in [0.15, 0.2) is 28.0 Å². The van der Waals surface area contributed by atoms with Crippen LogP contribution in [0.4, 0.5) is 0 Å². The topological polar surface area (TPSA) is 89.1 Å². The predicted octanol–water partition coefficient (Wildman–Crippen LogP) is 2.55. The first-order chi connectivity index (χ1) is 9.24. The number of oxazole rings is 1. The molecule has 2 aromatic heterocycles. The first kappa shape index (κ1) is 11.5. The molecule has 1 aromatic carbocycles. The summed E-state index contributed by atoms with van der Waals surface area (Å²) < 4.78 is 9.18. The Labute approximate surface area is 111 Å². The van der Waals surface area contributed by atoms with Crippen molar-refractivity contribution in [1.29, 1.82) is 0 Å². The molecule has 3 aromatic rings. The normalized spacial score (nSPS) is 11.4. The van der Waals surface area contributed by atoms with Crippen LogP contribution in [0.5, 0.6) is 0 Å². The van der Waals surface area contributed by atoms with Gasteiger partial charge in [0.15, 0.2) is 5.58 Å².